The third-order valence-electron chi connectivity index (χ3n) is 7.35. The number of anilines is 1. The van der Waals surface area contributed by atoms with Crippen LogP contribution in [0.2, 0.25) is 5.02 Å². The summed E-state index contributed by atoms with van der Waals surface area (Å²) in [5.74, 6) is 0.998. The Morgan fingerprint density at radius 2 is 1.67 bits per heavy atom. The lowest BCUT2D eigenvalue weighted by molar-refractivity contribution is -0.113. The number of halogens is 1. The predicted molar refractivity (Wildman–Crippen MR) is 179 cm³/mol. The van der Waals surface area contributed by atoms with Crippen LogP contribution in [0, 0.1) is 0 Å². The molecule has 1 N–H and O–H groups in total. The van der Waals surface area contributed by atoms with Crippen LogP contribution in [0.5, 0.6) is 11.5 Å². The van der Waals surface area contributed by atoms with Crippen molar-refractivity contribution in [3.05, 3.63) is 156 Å². The third-order valence-corrected chi connectivity index (χ3v) is 8.70. The topological polar surface area (TPSA) is 81.9 Å². The van der Waals surface area contributed by atoms with Crippen LogP contribution < -0.4 is 29.7 Å². The van der Waals surface area contributed by atoms with Crippen LogP contribution in [0.3, 0.4) is 0 Å². The number of amides is 1. The zero-order valence-corrected chi connectivity index (χ0v) is 26.3. The Morgan fingerprint density at radius 3 is 2.42 bits per heavy atom. The highest BCUT2D eigenvalue weighted by Crippen LogP contribution is 2.32. The SMILES string of the molecule is CCOc1ccc([C@H]2C(C(=O)Nc3ccccc3)=C(C)N=c3s/c(=C/c4ccccc4OCc4ccccc4Cl)c(=O)n32)cc1. The minimum atomic E-state index is -0.700. The Bertz CT molecular complexity index is 2070. The molecule has 0 saturated heterocycles. The minimum absolute atomic E-state index is 0.254. The number of hydrogen-bond donors (Lipinski definition) is 1. The standard InChI is InChI=1S/C36H30ClN3O4S/c1-3-43-28-19-17-24(18-20-28)33-32(34(41)39-27-13-5-4-6-14-27)23(2)38-36-40(33)35(42)31(45-36)21-25-11-8-10-16-30(25)44-22-26-12-7-9-15-29(26)37/h4-21,33H,3,22H2,1-2H3,(H,39,41)/b31-21+/t33-/m0/s1. The van der Waals surface area contributed by atoms with Gasteiger partial charge in [-0.15, -0.1) is 0 Å². The molecule has 0 unspecified atom stereocenters. The molecule has 1 aliphatic heterocycles. The van der Waals surface area contributed by atoms with Crippen molar-refractivity contribution in [3.63, 3.8) is 0 Å². The lowest BCUT2D eigenvalue weighted by atomic mass is 9.95. The summed E-state index contributed by atoms with van der Waals surface area (Å²) in [4.78, 5) is 33.3. The maximum absolute atomic E-state index is 14.2. The molecule has 45 heavy (non-hydrogen) atoms. The molecule has 1 aliphatic rings. The van der Waals surface area contributed by atoms with Gasteiger partial charge < -0.3 is 14.8 Å². The van der Waals surface area contributed by atoms with Crippen molar-refractivity contribution in [2.75, 3.05) is 11.9 Å². The Kier molecular flexibility index (Phi) is 8.96. The second-order valence-corrected chi connectivity index (χ2v) is 11.7. The Morgan fingerprint density at radius 1 is 0.956 bits per heavy atom. The van der Waals surface area contributed by atoms with Crippen molar-refractivity contribution in [2.24, 2.45) is 4.99 Å². The monoisotopic (exact) mass is 635 g/mol. The quantitative estimate of drug-likeness (QED) is 0.200. The summed E-state index contributed by atoms with van der Waals surface area (Å²) in [5.41, 5.74) is 3.70. The first-order chi connectivity index (χ1) is 21.9. The molecule has 6 rings (SSSR count). The molecule has 226 valence electrons. The van der Waals surface area contributed by atoms with Crippen LogP contribution in [0.4, 0.5) is 5.69 Å². The number of aromatic nitrogens is 1. The van der Waals surface area contributed by atoms with Crippen LogP contribution in [-0.2, 0) is 11.4 Å². The zero-order valence-electron chi connectivity index (χ0n) is 24.7. The van der Waals surface area contributed by atoms with Gasteiger partial charge in [-0.3, -0.25) is 14.2 Å². The molecule has 1 aromatic heterocycles. The molecule has 0 saturated carbocycles. The van der Waals surface area contributed by atoms with Gasteiger partial charge in [0.1, 0.15) is 18.1 Å². The Hall–Kier alpha value is -4.92. The highest BCUT2D eigenvalue weighted by atomic mass is 35.5. The molecule has 9 heteroatoms. The summed E-state index contributed by atoms with van der Waals surface area (Å²) in [7, 11) is 0. The second-order valence-electron chi connectivity index (χ2n) is 10.3. The predicted octanol–water partition coefficient (Wildman–Crippen LogP) is 6.51. The number of nitrogens with zero attached hydrogens (tertiary/aromatic N) is 2. The highest BCUT2D eigenvalue weighted by Gasteiger charge is 2.32. The second kappa shape index (κ2) is 13.4. The van der Waals surface area contributed by atoms with Crippen LogP contribution >= 0.6 is 22.9 Å². The van der Waals surface area contributed by atoms with Crippen LogP contribution in [-0.4, -0.2) is 17.1 Å². The van der Waals surface area contributed by atoms with Crippen molar-refractivity contribution in [2.45, 2.75) is 26.5 Å². The first-order valence-corrected chi connectivity index (χ1v) is 15.7. The van der Waals surface area contributed by atoms with E-state index in [0.717, 1.165) is 16.7 Å². The molecule has 2 heterocycles. The third kappa shape index (κ3) is 6.48. The van der Waals surface area contributed by atoms with Gasteiger partial charge in [-0.2, -0.15) is 0 Å². The van der Waals surface area contributed by atoms with Crippen molar-refractivity contribution < 1.29 is 14.3 Å². The smallest absolute Gasteiger partial charge is 0.271 e. The van der Waals surface area contributed by atoms with Gasteiger partial charge in [0, 0.05) is 21.8 Å². The normalized spacial score (nSPS) is 14.5. The van der Waals surface area contributed by atoms with Crippen molar-refractivity contribution in [1.82, 2.24) is 4.57 Å². The van der Waals surface area contributed by atoms with Crippen molar-refractivity contribution in [3.8, 4) is 11.5 Å². The van der Waals surface area contributed by atoms with E-state index in [1.54, 1.807) is 11.5 Å². The number of ether oxygens (including phenoxy) is 2. The number of carbonyl (C=O) groups excluding carboxylic acids is 1. The lowest BCUT2D eigenvalue weighted by Gasteiger charge is -2.25. The van der Waals surface area contributed by atoms with E-state index in [-0.39, 0.29) is 18.1 Å². The van der Waals surface area contributed by atoms with Crippen molar-refractivity contribution >= 4 is 40.6 Å². The maximum Gasteiger partial charge on any atom is 0.271 e. The summed E-state index contributed by atoms with van der Waals surface area (Å²) in [5, 5.41) is 3.61. The molecule has 0 radical (unpaired) electrons. The number of rotatable bonds is 9. The molecule has 1 atom stereocenters. The van der Waals surface area contributed by atoms with Crippen LogP contribution in [0.25, 0.3) is 6.08 Å². The van der Waals surface area contributed by atoms with Gasteiger partial charge in [0.25, 0.3) is 11.5 Å². The highest BCUT2D eigenvalue weighted by molar-refractivity contribution is 7.07. The molecular formula is C36H30ClN3O4S. The molecule has 0 spiro atoms. The summed E-state index contributed by atoms with van der Waals surface area (Å²) in [6, 6.07) is 31.1. The molecule has 1 amide bonds. The van der Waals surface area contributed by atoms with E-state index in [0.29, 0.717) is 49.4 Å². The van der Waals surface area contributed by atoms with E-state index in [1.807, 2.05) is 116 Å². The first kappa shape index (κ1) is 30.1. The first-order valence-electron chi connectivity index (χ1n) is 14.5. The van der Waals surface area contributed by atoms with E-state index in [1.165, 1.54) is 11.3 Å². The fraction of sp³-hybridized carbons (Fsp3) is 0.139. The number of nitrogens with one attached hydrogen (secondary N) is 1. The molecule has 0 bridgehead atoms. The number of benzene rings is 4. The van der Waals surface area contributed by atoms with E-state index in [2.05, 4.69) is 5.32 Å². The van der Waals surface area contributed by atoms with Crippen LogP contribution in [0.1, 0.15) is 36.6 Å². The van der Waals surface area contributed by atoms with E-state index in [4.69, 9.17) is 26.1 Å². The largest absolute Gasteiger partial charge is 0.494 e. The fourth-order valence-corrected chi connectivity index (χ4v) is 6.43. The molecule has 0 fully saturated rings. The molecule has 5 aromatic rings. The van der Waals surface area contributed by atoms with E-state index in [9.17, 15) is 9.59 Å². The number of allylic oxidation sites excluding steroid dienone is 1. The summed E-state index contributed by atoms with van der Waals surface area (Å²) >= 11 is 7.61. The van der Waals surface area contributed by atoms with Crippen LogP contribution in [0.15, 0.2) is 124 Å². The number of fused-ring (bicyclic) bond motifs is 1. The van der Waals surface area contributed by atoms with Gasteiger partial charge in [0.15, 0.2) is 4.80 Å². The maximum atomic E-state index is 14.2. The number of para-hydroxylation sites is 2. The molecular weight excluding hydrogens is 606 g/mol. The minimum Gasteiger partial charge on any atom is -0.494 e. The summed E-state index contributed by atoms with van der Waals surface area (Å²) in [6.45, 7) is 4.53. The number of thiazole rings is 1. The van der Waals surface area contributed by atoms with Gasteiger partial charge >= 0.3 is 0 Å². The average molecular weight is 636 g/mol. The van der Waals surface area contributed by atoms with Gasteiger partial charge in [-0.05, 0) is 61.9 Å². The van der Waals surface area contributed by atoms with E-state index >= 15 is 0 Å². The molecule has 0 aliphatic carbocycles. The zero-order chi connectivity index (χ0) is 31.3. The van der Waals surface area contributed by atoms with E-state index < -0.39 is 6.04 Å². The van der Waals surface area contributed by atoms with Gasteiger partial charge in [0.2, 0.25) is 0 Å². The van der Waals surface area contributed by atoms with Crippen molar-refractivity contribution in [1.29, 1.82) is 0 Å². The number of carbonyl (C=O) groups is 1. The Labute approximate surface area is 269 Å². The lowest BCUT2D eigenvalue weighted by Crippen LogP contribution is -2.40. The molecule has 7 nitrogen and oxygen atoms in total. The van der Waals surface area contributed by atoms with Gasteiger partial charge in [0.05, 0.1) is 28.5 Å². The van der Waals surface area contributed by atoms with Gasteiger partial charge in [-0.1, -0.05) is 89.7 Å². The summed E-state index contributed by atoms with van der Waals surface area (Å²) in [6.07, 6.45) is 1.81. The fourth-order valence-electron chi connectivity index (χ4n) is 5.20. The summed E-state index contributed by atoms with van der Waals surface area (Å²) < 4.78 is 13.9. The number of hydrogen-bond acceptors (Lipinski definition) is 6. The molecule has 4 aromatic carbocycles. The van der Waals surface area contributed by atoms with Gasteiger partial charge in [-0.25, -0.2) is 4.99 Å². The Balaban J connectivity index is 1.42. The average Bonchev–Trinajstić information content (AvgIpc) is 3.35.